The second-order valence-corrected chi connectivity index (χ2v) is 7.16. The highest BCUT2D eigenvalue weighted by Gasteiger charge is 2.38. The lowest BCUT2D eigenvalue weighted by Crippen LogP contribution is -2.27. The van der Waals surface area contributed by atoms with E-state index in [4.69, 9.17) is 0 Å². The Morgan fingerprint density at radius 1 is 1.27 bits per heavy atom. The number of aromatic nitrogens is 2. The summed E-state index contributed by atoms with van der Waals surface area (Å²) < 4.78 is 1.46. The first-order valence-electron chi connectivity index (χ1n) is 8.40. The van der Waals surface area contributed by atoms with Gasteiger partial charge in [0.05, 0.1) is 17.5 Å². The molecule has 2 amide bonds. The molecule has 1 aromatic heterocycles. The summed E-state index contributed by atoms with van der Waals surface area (Å²) in [5, 5.41) is 5.66. The first-order valence-corrected chi connectivity index (χ1v) is 8.40. The normalized spacial score (nSPS) is 14.7. The molecule has 2 aromatic rings. The third-order valence-electron chi connectivity index (χ3n) is 4.96. The van der Waals surface area contributed by atoms with Crippen LogP contribution in [0.3, 0.4) is 0 Å². The molecule has 0 atom stereocenters. The van der Waals surface area contributed by atoms with Crippen molar-refractivity contribution in [1.82, 2.24) is 9.55 Å². The molecule has 0 bridgehead atoms. The molecule has 136 valence electrons. The highest BCUT2D eigenvalue weighted by Crippen LogP contribution is 2.38. The number of hydrogen-bond acceptors (Lipinski definition) is 4. The van der Waals surface area contributed by atoms with Crippen LogP contribution in [0, 0.1) is 13.8 Å². The molecule has 7 heteroatoms. The summed E-state index contributed by atoms with van der Waals surface area (Å²) in [7, 11) is 1.66. The summed E-state index contributed by atoms with van der Waals surface area (Å²) in [4.78, 5) is 40.9. The monoisotopic (exact) mass is 354 g/mol. The smallest absolute Gasteiger partial charge is 0.256 e. The summed E-state index contributed by atoms with van der Waals surface area (Å²) >= 11 is 0. The van der Waals surface area contributed by atoms with Crippen molar-refractivity contribution in [2.45, 2.75) is 39.5 Å². The minimum absolute atomic E-state index is 0.0143. The zero-order chi connectivity index (χ0) is 19.2. The summed E-state index contributed by atoms with van der Waals surface area (Å²) in [5.74, 6) is 0.238. The second-order valence-electron chi connectivity index (χ2n) is 7.16. The Morgan fingerprint density at radius 2 is 1.96 bits per heavy atom. The standard InChI is InChI=1S/C19H22N4O3/c1-10-15(20-11(2)23(5)17(10)25)9-16(24)21-12-6-7-14-13(8-12)19(3,4)18(26)22-14/h6-8H,9H2,1-5H3,(H,21,24)(H,22,26). The van der Waals surface area contributed by atoms with Gasteiger partial charge in [0.25, 0.3) is 5.56 Å². The largest absolute Gasteiger partial charge is 0.326 e. The van der Waals surface area contributed by atoms with E-state index in [2.05, 4.69) is 15.6 Å². The average molecular weight is 354 g/mol. The molecule has 0 aliphatic carbocycles. The highest BCUT2D eigenvalue weighted by atomic mass is 16.2. The fraction of sp³-hybridized carbons (Fsp3) is 0.368. The fourth-order valence-electron chi connectivity index (χ4n) is 3.05. The number of nitrogens with zero attached hydrogens (tertiary/aromatic N) is 2. The summed E-state index contributed by atoms with van der Waals surface area (Å²) in [6.07, 6.45) is 0.0143. The number of hydrogen-bond donors (Lipinski definition) is 2. The molecule has 0 unspecified atom stereocenters. The van der Waals surface area contributed by atoms with Crippen LogP contribution in [0.2, 0.25) is 0 Å². The van der Waals surface area contributed by atoms with Crippen LogP contribution in [0.1, 0.15) is 36.5 Å². The van der Waals surface area contributed by atoms with E-state index in [9.17, 15) is 14.4 Å². The molecule has 1 aromatic carbocycles. The van der Waals surface area contributed by atoms with E-state index < -0.39 is 5.41 Å². The van der Waals surface area contributed by atoms with Crippen LogP contribution in [0.15, 0.2) is 23.0 Å². The summed E-state index contributed by atoms with van der Waals surface area (Å²) in [6.45, 7) is 7.09. The number of aryl methyl sites for hydroxylation is 1. The Balaban J connectivity index is 1.82. The molecule has 2 N–H and O–H groups in total. The molecule has 7 nitrogen and oxygen atoms in total. The predicted octanol–water partition coefficient (Wildman–Crippen LogP) is 1.81. The van der Waals surface area contributed by atoms with E-state index in [1.54, 1.807) is 39.1 Å². The number of carbonyl (C=O) groups is 2. The average Bonchev–Trinajstić information content (AvgIpc) is 2.80. The van der Waals surface area contributed by atoms with Crippen LogP contribution in [-0.2, 0) is 28.5 Å². The maximum Gasteiger partial charge on any atom is 0.256 e. The van der Waals surface area contributed by atoms with Crippen LogP contribution >= 0.6 is 0 Å². The van der Waals surface area contributed by atoms with Crippen LogP contribution in [0.25, 0.3) is 0 Å². The van der Waals surface area contributed by atoms with E-state index in [0.717, 1.165) is 11.3 Å². The molecule has 1 aliphatic heterocycles. The SMILES string of the molecule is Cc1c(CC(=O)Nc2ccc3c(c2)C(C)(C)C(=O)N3)nc(C)n(C)c1=O. The molecular weight excluding hydrogens is 332 g/mol. The van der Waals surface area contributed by atoms with Crippen molar-refractivity contribution >= 4 is 23.2 Å². The van der Waals surface area contributed by atoms with Gasteiger partial charge in [0.15, 0.2) is 0 Å². The first-order chi connectivity index (χ1) is 12.1. The molecule has 1 aliphatic rings. The fourth-order valence-corrected chi connectivity index (χ4v) is 3.05. The quantitative estimate of drug-likeness (QED) is 0.879. The maximum absolute atomic E-state index is 12.4. The number of benzene rings is 1. The van der Waals surface area contributed by atoms with Crippen LogP contribution in [-0.4, -0.2) is 21.4 Å². The molecule has 0 spiro atoms. The Labute approximate surface area is 151 Å². The lowest BCUT2D eigenvalue weighted by Gasteiger charge is -2.16. The van der Waals surface area contributed by atoms with E-state index in [1.807, 2.05) is 13.8 Å². The van der Waals surface area contributed by atoms with Crippen molar-refractivity contribution in [3.63, 3.8) is 0 Å². The molecule has 3 rings (SSSR count). The van der Waals surface area contributed by atoms with E-state index in [1.165, 1.54) is 4.57 Å². The topological polar surface area (TPSA) is 93.1 Å². The van der Waals surface area contributed by atoms with E-state index >= 15 is 0 Å². The van der Waals surface area contributed by atoms with Crippen molar-refractivity contribution in [1.29, 1.82) is 0 Å². The minimum atomic E-state index is -0.642. The van der Waals surface area contributed by atoms with E-state index in [-0.39, 0.29) is 23.8 Å². The zero-order valence-electron chi connectivity index (χ0n) is 15.6. The number of fused-ring (bicyclic) bond motifs is 1. The molecule has 0 fully saturated rings. The van der Waals surface area contributed by atoms with Crippen LogP contribution in [0.5, 0.6) is 0 Å². The molecule has 0 saturated carbocycles. The van der Waals surface area contributed by atoms with Gasteiger partial charge in [-0.1, -0.05) is 0 Å². The summed E-state index contributed by atoms with van der Waals surface area (Å²) in [5.41, 5.74) is 2.37. The Hall–Kier alpha value is -2.96. The number of rotatable bonds is 3. The number of anilines is 2. The van der Waals surface area contributed by atoms with Crippen molar-refractivity contribution in [3.05, 3.63) is 51.2 Å². The molecule has 0 saturated heterocycles. The van der Waals surface area contributed by atoms with Gasteiger partial charge in [-0.25, -0.2) is 4.98 Å². The van der Waals surface area contributed by atoms with Gasteiger partial charge in [0, 0.05) is 24.0 Å². The molecule has 0 radical (unpaired) electrons. The minimum Gasteiger partial charge on any atom is -0.326 e. The van der Waals surface area contributed by atoms with Gasteiger partial charge < -0.3 is 10.6 Å². The molecule has 26 heavy (non-hydrogen) atoms. The Morgan fingerprint density at radius 3 is 2.65 bits per heavy atom. The second kappa shape index (κ2) is 6.09. The molecule has 2 heterocycles. The summed E-state index contributed by atoms with van der Waals surface area (Å²) in [6, 6.07) is 5.33. The maximum atomic E-state index is 12.4. The highest BCUT2D eigenvalue weighted by molar-refractivity contribution is 6.06. The Bertz CT molecular complexity index is 989. The lowest BCUT2D eigenvalue weighted by atomic mass is 9.86. The lowest BCUT2D eigenvalue weighted by molar-refractivity contribution is -0.119. The van der Waals surface area contributed by atoms with Gasteiger partial charge in [-0.05, 0) is 51.5 Å². The van der Waals surface area contributed by atoms with Crippen LogP contribution in [0.4, 0.5) is 11.4 Å². The van der Waals surface area contributed by atoms with Crippen molar-refractivity contribution < 1.29 is 9.59 Å². The van der Waals surface area contributed by atoms with Crippen molar-refractivity contribution in [3.8, 4) is 0 Å². The van der Waals surface area contributed by atoms with Gasteiger partial charge in [0.1, 0.15) is 5.82 Å². The Kier molecular flexibility index (Phi) is 4.18. The van der Waals surface area contributed by atoms with Gasteiger partial charge in [-0.15, -0.1) is 0 Å². The predicted molar refractivity (Wildman–Crippen MR) is 99.4 cm³/mol. The van der Waals surface area contributed by atoms with E-state index in [0.29, 0.717) is 22.8 Å². The number of carbonyl (C=O) groups excluding carboxylic acids is 2. The van der Waals surface area contributed by atoms with Gasteiger partial charge in [-0.3, -0.25) is 19.0 Å². The van der Waals surface area contributed by atoms with Crippen molar-refractivity contribution in [2.75, 3.05) is 10.6 Å². The van der Waals surface area contributed by atoms with Gasteiger partial charge in [-0.2, -0.15) is 0 Å². The van der Waals surface area contributed by atoms with Gasteiger partial charge >= 0.3 is 0 Å². The number of amides is 2. The zero-order valence-corrected chi connectivity index (χ0v) is 15.6. The third kappa shape index (κ3) is 2.89. The third-order valence-corrected chi connectivity index (χ3v) is 4.96. The van der Waals surface area contributed by atoms with Gasteiger partial charge in [0.2, 0.25) is 11.8 Å². The number of nitrogens with one attached hydrogen (secondary N) is 2. The first kappa shape index (κ1) is 17.8. The molecular formula is C19H22N4O3. The van der Waals surface area contributed by atoms with Crippen LogP contribution < -0.4 is 16.2 Å². The van der Waals surface area contributed by atoms with Crippen molar-refractivity contribution in [2.24, 2.45) is 7.05 Å².